The lowest BCUT2D eigenvalue weighted by Gasteiger charge is -2.13. The Hall–Kier alpha value is -2.38. The van der Waals surface area contributed by atoms with E-state index in [-0.39, 0.29) is 28.3 Å². The highest BCUT2D eigenvalue weighted by Gasteiger charge is 2.18. The van der Waals surface area contributed by atoms with Gasteiger partial charge in [-0.2, -0.15) is 8.42 Å². The SMILES string of the molecule is CCCc1c(Cc2c(F)cccc2Cl)c(=O)oc2cc(OS(C)(=O)=O)ccc12. The molecular formula is C20H18ClFO5S. The van der Waals surface area contributed by atoms with Crippen LogP contribution in [0.5, 0.6) is 5.75 Å². The third-order valence-corrected chi connectivity index (χ3v) is 5.10. The van der Waals surface area contributed by atoms with E-state index in [2.05, 4.69) is 0 Å². The molecule has 0 spiro atoms. The zero-order chi connectivity index (χ0) is 20.5. The zero-order valence-corrected chi connectivity index (χ0v) is 16.9. The summed E-state index contributed by atoms with van der Waals surface area (Å²) in [6.45, 7) is 1.96. The summed E-state index contributed by atoms with van der Waals surface area (Å²) in [7, 11) is -3.71. The molecule has 0 N–H and O–H groups in total. The van der Waals surface area contributed by atoms with Crippen molar-refractivity contribution >= 4 is 32.7 Å². The highest BCUT2D eigenvalue weighted by atomic mass is 35.5. The first-order valence-corrected chi connectivity index (χ1v) is 10.8. The lowest BCUT2D eigenvalue weighted by Crippen LogP contribution is -2.14. The Labute approximate surface area is 166 Å². The van der Waals surface area contributed by atoms with Crippen LogP contribution in [0.3, 0.4) is 0 Å². The minimum Gasteiger partial charge on any atom is -0.422 e. The Kier molecular flexibility index (Phi) is 5.76. The van der Waals surface area contributed by atoms with Crippen molar-refractivity contribution in [3.63, 3.8) is 0 Å². The first kappa shape index (κ1) is 20.4. The second kappa shape index (κ2) is 7.93. The van der Waals surface area contributed by atoms with Crippen LogP contribution in [0.15, 0.2) is 45.6 Å². The summed E-state index contributed by atoms with van der Waals surface area (Å²) in [5.41, 5.74) is 0.868. The molecule has 0 amide bonds. The molecular weight excluding hydrogens is 407 g/mol. The number of hydrogen-bond acceptors (Lipinski definition) is 5. The molecule has 0 aliphatic carbocycles. The van der Waals surface area contributed by atoms with E-state index in [9.17, 15) is 17.6 Å². The Bertz CT molecular complexity index is 1180. The maximum atomic E-state index is 14.2. The van der Waals surface area contributed by atoms with E-state index < -0.39 is 21.6 Å². The topological polar surface area (TPSA) is 73.6 Å². The first-order chi connectivity index (χ1) is 13.2. The molecule has 0 unspecified atom stereocenters. The van der Waals surface area contributed by atoms with Gasteiger partial charge in [-0.3, -0.25) is 0 Å². The summed E-state index contributed by atoms with van der Waals surface area (Å²) in [5, 5.41) is 0.878. The summed E-state index contributed by atoms with van der Waals surface area (Å²) < 4.78 is 47.1. The van der Waals surface area contributed by atoms with Crippen LogP contribution >= 0.6 is 11.6 Å². The van der Waals surface area contributed by atoms with Crippen LogP contribution in [-0.4, -0.2) is 14.7 Å². The van der Waals surface area contributed by atoms with Gasteiger partial charge in [-0.05, 0) is 36.2 Å². The zero-order valence-electron chi connectivity index (χ0n) is 15.3. The summed E-state index contributed by atoms with van der Waals surface area (Å²) in [4.78, 5) is 12.7. The standard InChI is InChI=1S/C20H18ClFO5S/c1-3-5-13-14-9-8-12(27-28(2,24)25)10-19(14)26-20(23)15(13)11-16-17(21)6-4-7-18(16)22/h4,6-10H,3,5,11H2,1-2H3. The number of aryl methyl sites for hydroxylation is 1. The van der Waals surface area contributed by atoms with Gasteiger partial charge in [0.1, 0.15) is 17.1 Å². The fraction of sp³-hybridized carbons (Fsp3) is 0.250. The van der Waals surface area contributed by atoms with Gasteiger partial charge in [-0.1, -0.05) is 31.0 Å². The van der Waals surface area contributed by atoms with Gasteiger partial charge in [-0.25, -0.2) is 9.18 Å². The number of benzene rings is 2. The second-order valence-electron chi connectivity index (χ2n) is 6.42. The van der Waals surface area contributed by atoms with E-state index in [0.717, 1.165) is 18.2 Å². The summed E-state index contributed by atoms with van der Waals surface area (Å²) >= 11 is 6.12. The van der Waals surface area contributed by atoms with Gasteiger partial charge in [0.15, 0.2) is 0 Å². The van der Waals surface area contributed by atoms with Crippen LogP contribution in [0.25, 0.3) is 11.0 Å². The molecule has 3 rings (SSSR count). The largest absolute Gasteiger partial charge is 0.422 e. The van der Waals surface area contributed by atoms with Gasteiger partial charge in [0.05, 0.1) is 6.26 Å². The van der Waals surface area contributed by atoms with E-state index in [4.69, 9.17) is 20.2 Å². The lowest BCUT2D eigenvalue weighted by molar-refractivity contribution is 0.491. The molecule has 8 heteroatoms. The minimum atomic E-state index is -3.71. The van der Waals surface area contributed by atoms with Gasteiger partial charge in [0, 0.05) is 34.0 Å². The molecule has 1 heterocycles. The molecule has 0 saturated carbocycles. The van der Waals surface area contributed by atoms with E-state index in [1.165, 1.54) is 24.3 Å². The summed E-state index contributed by atoms with van der Waals surface area (Å²) in [6.07, 6.45) is 2.24. The average molecular weight is 425 g/mol. The minimum absolute atomic E-state index is 0.000698. The normalized spacial score (nSPS) is 11.7. The van der Waals surface area contributed by atoms with E-state index in [1.807, 2.05) is 6.92 Å². The van der Waals surface area contributed by atoms with Gasteiger partial charge in [-0.15, -0.1) is 0 Å². The molecule has 5 nitrogen and oxygen atoms in total. The fourth-order valence-corrected chi connectivity index (χ4v) is 3.79. The van der Waals surface area contributed by atoms with Crippen molar-refractivity contribution < 1.29 is 21.4 Å². The Balaban J connectivity index is 2.18. The van der Waals surface area contributed by atoms with Crippen LogP contribution < -0.4 is 9.81 Å². The Morgan fingerprint density at radius 2 is 1.89 bits per heavy atom. The smallest absolute Gasteiger partial charge is 0.340 e. The number of halogens is 2. The third-order valence-electron chi connectivity index (χ3n) is 4.25. The average Bonchev–Trinajstić information content (AvgIpc) is 2.58. The molecule has 148 valence electrons. The molecule has 0 aliphatic heterocycles. The Morgan fingerprint density at radius 1 is 1.14 bits per heavy atom. The highest BCUT2D eigenvalue weighted by molar-refractivity contribution is 7.86. The van der Waals surface area contributed by atoms with Crippen molar-refractivity contribution in [3.8, 4) is 5.75 Å². The van der Waals surface area contributed by atoms with Crippen molar-refractivity contribution in [1.82, 2.24) is 0 Å². The van der Waals surface area contributed by atoms with Crippen LogP contribution in [0, 0.1) is 5.82 Å². The monoisotopic (exact) mass is 424 g/mol. The van der Waals surface area contributed by atoms with Crippen molar-refractivity contribution in [1.29, 1.82) is 0 Å². The number of hydrogen-bond donors (Lipinski definition) is 0. The van der Waals surface area contributed by atoms with E-state index in [0.29, 0.717) is 17.4 Å². The molecule has 0 fully saturated rings. The van der Waals surface area contributed by atoms with Crippen LogP contribution in [0.4, 0.5) is 4.39 Å². The van der Waals surface area contributed by atoms with E-state index in [1.54, 1.807) is 12.1 Å². The predicted molar refractivity (Wildman–Crippen MR) is 106 cm³/mol. The first-order valence-electron chi connectivity index (χ1n) is 8.60. The van der Waals surface area contributed by atoms with Gasteiger partial charge in [0.2, 0.25) is 0 Å². The van der Waals surface area contributed by atoms with Crippen LogP contribution in [-0.2, 0) is 23.0 Å². The van der Waals surface area contributed by atoms with E-state index >= 15 is 0 Å². The molecule has 0 atom stereocenters. The molecule has 0 bridgehead atoms. The van der Waals surface area contributed by atoms with Crippen LogP contribution in [0.1, 0.15) is 30.0 Å². The molecule has 28 heavy (non-hydrogen) atoms. The highest BCUT2D eigenvalue weighted by Crippen LogP contribution is 2.29. The quantitative estimate of drug-likeness (QED) is 0.431. The Morgan fingerprint density at radius 3 is 2.54 bits per heavy atom. The third kappa shape index (κ3) is 4.36. The van der Waals surface area contributed by atoms with Gasteiger partial charge < -0.3 is 8.60 Å². The lowest BCUT2D eigenvalue weighted by atomic mass is 9.95. The molecule has 0 aliphatic rings. The fourth-order valence-electron chi connectivity index (χ4n) is 3.10. The number of rotatable bonds is 6. The maximum absolute atomic E-state index is 14.2. The van der Waals surface area contributed by atoms with Crippen molar-refractivity contribution in [2.45, 2.75) is 26.2 Å². The van der Waals surface area contributed by atoms with Crippen LogP contribution in [0.2, 0.25) is 5.02 Å². The molecule has 1 aromatic heterocycles. The summed E-state index contributed by atoms with van der Waals surface area (Å²) in [6, 6.07) is 8.84. The van der Waals surface area contributed by atoms with Crippen molar-refractivity contribution in [3.05, 3.63) is 74.3 Å². The predicted octanol–water partition coefficient (Wildman–Crippen LogP) is 4.47. The van der Waals surface area contributed by atoms with Crippen molar-refractivity contribution in [2.75, 3.05) is 6.26 Å². The van der Waals surface area contributed by atoms with Gasteiger partial charge >= 0.3 is 15.7 Å². The van der Waals surface area contributed by atoms with Crippen molar-refractivity contribution in [2.24, 2.45) is 0 Å². The maximum Gasteiger partial charge on any atom is 0.340 e. The molecule has 0 radical (unpaired) electrons. The summed E-state index contributed by atoms with van der Waals surface area (Å²) in [5.74, 6) is -0.447. The second-order valence-corrected chi connectivity index (χ2v) is 8.40. The molecule has 3 aromatic rings. The number of fused-ring (bicyclic) bond motifs is 1. The van der Waals surface area contributed by atoms with Gasteiger partial charge in [0.25, 0.3) is 0 Å². The molecule has 0 saturated heterocycles. The molecule has 2 aromatic carbocycles.